The molecule has 1 aromatic heterocycles. The Kier molecular flexibility index (Phi) is 4.52. The van der Waals surface area contributed by atoms with Crippen molar-refractivity contribution < 1.29 is 0 Å². The highest BCUT2D eigenvalue weighted by Crippen LogP contribution is 2.31. The van der Waals surface area contributed by atoms with Gasteiger partial charge in [-0.25, -0.2) is 9.97 Å². The van der Waals surface area contributed by atoms with Gasteiger partial charge in [0.1, 0.15) is 16.8 Å². The molecule has 0 aliphatic rings. The van der Waals surface area contributed by atoms with E-state index in [1.165, 1.54) is 5.56 Å². The number of aromatic nitrogens is 2. The number of halogens is 1. The maximum atomic E-state index is 6.10. The van der Waals surface area contributed by atoms with Gasteiger partial charge < -0.3 is 5.32 Å². The van der Waals surface area contributed by atoms with Crippen LogP contribution in [-0.2, 0) is 5.41 Å². The highest BCUT2D eigenvalue weighted by Gasteiger charge is 2.18. The quantitative estimate of drug-likeness (QED) is 0.782. The third kappa shape index (κ3) is 3.94. The molecule has 0 atom stereocenters. The minimum atomic E-state index is 0.0568. The molecule has 0 saturated heterocycles. The first-order valence-corrected chi connectivity index (χ1v) is 7.56. The Bertz CT molecular complexity index is 630. The maximum absolute atomic E-state index is 6.10. The Balaban J connectivity index is 2.39. The van der Waals surface area contributed by atoms with E-state index < -0.39 is 0 Å². The van der Waals surface area contributed by atoms with Crippen molar-refractivity contribution in [2.45, 2.75) is 46.0 Å². The summed E-state index contributed by atoms with van der Waals surface area (Å²) in [5, 5.41) is 3.84. The van der Waals surface area contributed by atoms with Crippen molar-refractivity contribution in [2.75, 3.05) is 5.32 Å². The zero-order valence-corrected chi connectivity index (χ0v) is 14.0. The summed E-state index contributed by atoms with van der Waals surface area (Å²) in [5.41, 5.74) is 2.35. The highest BCUT2D eigenvalue weighted by molar-refractivity contribution is 6.29. The number of hydrogen-bond acceptors (Lipinski definition) is 3. The zero-order valence-electron chi connectivity index (χ0n) is 13.2. The van der Waals surface area contributed by atoms with E-state index in [4.69, 9.17) is 11.6 Å². The fraction of sp³-hybridized carbons (Fsp3) is 0.412. The second-order valence-electron chi connectivity index (χ2n) is 6.51. The fourth-order valence-corrected chi connectivity index (χ4v) is 2.33. The van der Waals surface area contributed by atoms with E-state index in [1.807, 2.05) is 6.07 Å². The molecule has 0 aliphatic heterocycles. The minimum absolute atomic E-state index is 0.0568. The first kappa shape index (κ1) is 15.8. The summed E-state index contributed by atoms with van der Waals surface area (Å²) in [7, 11) is 0. The molecule has 2 aromatic rings. The molecule has 0 saturated carbocycles. The van der Waals surface area contributed by atoms with E-state index >= 15 is 0 Å². The van der Waals surface area contributed by atoms with Crippen molar-refractivity contribution in [2.24, 2.45) is 0 Å². The second kappa shape index (κ2) is 6.02. The van der Waals surface area contributed by atoms with Crippen LogP contribution in [0.25, 0.3) is 0 Å². The normalized spacial score (nSPS) is 11.8. The summed E-state index contributed by atoms with van der Waals surface area (Å²) in [5.74, 6) is 1.72. The van der Waals surface area contributed by atoms with Crippen LogP contribution in [0.5, 0.6) is 0 Å². The molecule has 3 nitrogen and oxygen atoms in total. The summed E-state index contributed by atoms with van der Waals surface area (Å²) in [4.78, 5) is 8.81. The van der Waals surface area contributed by atoms with E-state index in [9.17, 15) is 0 Å². The van der Waals surface area contributed by atoms with E-state index in [-0.39, 0.29) is 11.3 Å². The van der Waals surface area contributed by atoms with Gasteiger partial charge in [-0.05, 0) is 17.0 Å². The van der Waals surface area contributed by atoms with Crippen molar-refractivity contribution in [1.29, 1.82) is 0 Å². The predicted octanol–water partition coefficient (Wildman–Crippen LogP) is 5.29. The number of anilines is 2. The number of nitrogens with one attached hydrogen (secondary N) is 1. The Morgan fingerprint density at radius 1 is 1.10 bits per heavy atom. The molecule has 2 rings (SSSR count). The number of para-hydroxylation sites is 1. The summed E-state index contributed by atoms with van der Waals surface area (Å²) in [6, 6.07) is 10.0. The minimum Gasteiger partial charge on any atom is -0.340 e. The molecule has 1 N–H and O–H groups in total. The first-order valence-electron chi connectivity index (χ1n) is 7.18. The van der Waals surface area contributed by atoms with Crippen molar-refractivity contribution in [3.63, 3.8) is 0 Å². The summed E-state index contributed by atoms with van der Waals surface area (Å²) in [6.07, 6.45) is 0. The Labute approximate surface area is 131 Å². The number of rotatable bonds is 3. The highest BCUT2D eigenvalue weighted by atomic mass is 35.5. The lowest BCUT2D eigenvalue weighted by molar-refractivity contribution is 0.592. The van der Waals surface area contributed by atoms with Crippen LogP contribution in [0.2, 0.25) is 5.15 Å². The molecule has 0 unspecified atom stereocenters. The number of nitrogens with zero attached hydrogens (tertiary/aromatic N) is 2. The van der Waals surface area contributed by atoms with Crippen LogP contribution in [0.1, 0.15) is 51.9 Å². The lowest BCUT2D eigenvalue weighted by Crippen LogP contribution is -2.14. The van der Waals surface area contributed by atoms with Gasteiger partial charge in [-0.3, -0.25) is 0 Å². The standard InChI is InChI=1S/C17H22ClN3/c1-11(2)16-20-14(18)10-15(21-16)19-13-9-7-6-8-12(13)17(3,4)5/h6-11H,1-5H3,(H,19,20,21). The average Bonchev–Trinajstić information content (AvgIpc) is 2.37. The van der Waals surface area contributed by atoms with Gasteiger partial charge in [0.15, 0.2) is 0 Å². The van der Waals surface area contributed by atoms with E-state index in [2.05, 4.69) is 68.1 Å². The van der Waals surface area contributed by atoms with Crippen LogP contribution >= 0.6 is 11.6 Å². The average molecular weight is 304 g/mol. The fourth-order valence-electron chi connectivity index (χ4n) is 2.14. The maximum Gasteiger partial charge on any atom is 0.135 e. The van der Waals surface area contributed by atoms with Gasteiger partial charge in [0.25, 0.3) is 0 Å². The van der Waals surface area contributed by atoms with Crippen LogP contribution in [0, 0.1) is 0 Å². The molecular weight excluding hydrogens is 282 g/mol. The molecule has 0 fully saturated rings. The predicted molar refractivity (Wildman–Crippen MR) is 89.6 cm³/mol. The molecule has 0 aliphatic carbocycles. The number of benzene rings is 1. The van der Waals surface area contributed by atoms with Crippen LogP contribution < -0.4 is 5.32 Å². The van der Waals surface area contributed by atoms with E-state index in [0.717, 1.165) is 17.3 Å². The van der Waals surface area contributed by atoms with Crippen molar-refractivity contribution in [3.05, 3.63) is 46.9 Å². The summed E-state index contributed by atoms with van der Waals surface area (Å²) < 4.78 is 0. The molecule has 0 spiro atoms. The Morgan fingerprint density at radius 3 is 2.38 bits per heavy atom. The largest absolute Gasteiger partial charge is 0.340 e. The van der Waals surface area contributed by atoms with Crippen LogP contribution in [0.4, 0.5) is 11.5 Å². The molecule has 112 valence electrons. The van der Waals surface area contributed by atoms with Gasteiger partial charge >= 0.3 is 0 Å². The first-order chi connectivity index (χ1) is 9.77. The van der Waals surface area contributed by atoms with E-state index in [1.54, 1.807) is 6.07 Å². The van der Waals surface area contributed by atoms with Gasteiger partial charge in [-0.2, -0.15) is 0 Å². The van der Waals surface area contributed by atoms with Gasteiger partial charge in [0.2, 0.25) is 0 Å². The monoisotopic (exact) mass is 303 g/mol. The smallest absolute Gasteiger partial charge is 0.135 e. The number of hydrogen-bond donors (Lipinski definition) is 1. The van der Waals surface area contributed by atoms with Crippen molar-refractivity contribution in [1.82, 2.24) is 9.97 Å². The summed E-state index contributed by atoms with van der Waals surface area (Å²) >= 11 is 6.10. The topological polar surface area (TPSA) is 37.8 Å². The Morgan fingerprint density at radius 2 is 1.76 bits per heavy atom. The van der Waals surface area contributed by atoms with Gasteiger partial charge in [0.05, 0.1) is 0 Å². The zero-order chi connectivity index (χ0) is 15.6. The molecule has 0 bridgehead atoms. The molecule has 1 heterocycles. The third-order valence-electron chi connectivity index (χ3n) is 3.23. The second-order valence-corrected chi connectivity index (χ2v) is 6.90. The lowest BCUT2D eigenvalue weighted by Gasteiger charge is -2.23. The van der Waals surface area contributed by atoms with Gasteiger partial charge in [-0.15, -0.1) is 0 Å². The lowest BCUT2D eigenvalue weighted by atomic mass is 9.86. The molecule has 0 amide bonds. The molecule has 4 heteroatoms. The third-order valence-corrected chi connectivity index (χ3v) is 3.42. The van der Waals surface area contributed by atoms with Gasteiger partial charge in [0, 0.05) is 17.7 Å². The Hall–Kier alpha value is -1.61. The van der Waals surface area contributed by atoms with Gasteiger partial charge in [-0.1, -0.05) is 64.4 Å². The molecular formula is C17H22ClN3. The molecule has 1 aromatic carbocycles. The van der Waals surface area contributed by atoms with Crippen LogP contribution in [-0.4, -0.2) is 9.97 Å². The molecule has 0 radical (unpaired) electrons. The van der Waals surface area contributed by atoms with Crippen molar-refractivity contribution >= 4 is 23.1 Å². The molecule has 21 heavy (non-hydrogen) atoms. The SMILES string of the molecule is CC(C)c1nc(Cl)cc(Nc2ccccc2C(C)(C)C)n1. The van der Waals surface area contributed by atoms with Crippen molar-refractivity contribution in [3.8, 4) is 0 Å². The van der Waals surface area contributed by atoms with E-state index in [0.29, 0.717) is 5.15 Å². The van der Waals surface area contributed by atoms with Crippen LogP contribution in [0.15, 0.2) is 30.3 Å². The van der Waals surface area contributed by atoms with Crippen LogP contribution in [0.3, 0.4) is 0 Å². The summed E-state index contributed by atoms with van der Waals surface area (Å²) in [6.45, 7) is 10.7.